The Hall–Kier alpha value is -0.870. The van der Waals surface area contributed by atoms with Crippen LogP contribution in [-0.2, 0) is 0 Å². The lowest BCUT2D eigenvalue weighted by Gasteiger charge is -2.21. The zero-order valence-corrected chi connectivity index (χ0v) is 12.8. The van der Waals surface area contributed by atoms with Gasteiger partial charge < -0.3 is 14.8 Å². The Kier molecular flexibility index (Phi) is 5.40. The first-order valence-electron chi connectivity index (χ1n) is 6.86. The fourth-order valence-electron chi connectivity index (χ4n) is 2.07. The van der Waals surface area contributed by atoms with Crippen LogP contribution in [0.4, 0.5) is 0 Å². The maximum atomic E-state index is 5.62. The van der Waals surface area contributed by atoms with Crippen LogP contribution in [0.15, 0.2) is 18.2 Å². The molecule has 0 aliphatic carbocycles. The van der Waals surface area contributed by atoms with E-state index in [9.17, 15) is 0 Å². The van der Waals surface area contributed by atoms with Crippen LogP contribution in [0.25, 0.3) is 0 Å². The monoisotopic (exact) mass is 281 g/mol. The Morgan fingerprint density at radius 2 is 1.95 bits per heavy atom. The number of hydrogen-bond acceptors (Lipinski definition) is 4. The molecule has 0 radical (unpaired) electrons. The maximum absolute atomic E-state index is 5.62. The molecule has 3 nitrogen and oxygen atoms in total. The van der Waals surface area contributed by atoms with Crippen LogP contribution < -0.4 is 14.8 Å². The average molecular weight is 281 g/mol. The highest BCUT2D eigenvalue weighted by atomic mass is 32.2. The number of benzene rings is 1. The highest BCUT2D eigenvalue weighted by Crippen LogP contribution is 2.32. The molecule has 1 N–H and O–H groups in total. The molecule has 0 saturated heterocycles. The van der Waals surface area contributed by atoms with Crippen LogP contribution in [0.5, 0.6) is 11.5 Å². The summed E-state index contributed by atoms with van der Waals surface area (Å²) in [5.74, 6) is 1.73. The molecular weight excluding hydrogens is 258 g/mol. The topological polar surface area (TPSA) is 30.5 Å². The summed E-state index contributed by atoms with van der Waals surface area (Å²) in [6.07, 6.45) is 3.35. The standard InChI is InChI=1S/C15H23NO2S/c1-11(19-3)6-7-16-12(2)13-4-5-14-15(10-13)18-9-8-17-14/h4-5,10-12,16H,6-9H2,1-3H3. The highest BCUT2D eigenvalue weighted by Gasteiger charge is 2.14. The molecule has 0 aromatic heterocycles. The summed E-state index contributed by atoms with van der Waals surface area (Å²) in [6.45, 7) is 6.78. The molecule has 1 aromatic rings. The summed E-state index contributed by atoms with van der Waals surface area (Å²) >= 11 is 1.91. The van der Waals surface area contributed by atoms with E-state index in [0.29, 0.717) is 24.5 Å². The Balaban J connectivity index is 1.90. The lowest BCUT2D eigenvalue weighted by atomic mass is 10.1. The van der Waals surface area contributed by atoms with Gasteiger partial charge in [0, 0.05) is 11.3 Å². The van der Waals surface area contributed by atoms with Crippen molar-refractivity contribution in [1.82, 2.24) is 5.32 Å². The zero-order valence-electron chi connectivity index (χ0n) is 11.9. The number of hydrogen-bond donors (Lipinski definition) is 1. The molecule has 106 valence electrons. The largest absolute Gasteiger partial charge is 0.486 e. The van der Waals surface area contributed by atoms with E-state index in [4.69, 9.17) is 9.47 Å². The molecule has 1 aliphatic rings. The van der Waals surface area contributed by atoms with Crippen molar-refractivity contribution in [2.75, 3.05) is 26.0 Å². The van der Waals surface area contributed by atoms with Gasteiger partial charge in [-0.3, -0.25) is 0 Å². The second-order valence-corrected chi connectivity index (χ2v) is 6.19. The summed E-state index contributed by atoms with van der Waals surface area (Å²) in [6, 6.07) is 6.55. The van der Waals surface area contributed by atoms with Gasteiger partial charge in [0.1, 0.15) is 13.2 Å². The summed E-state index contributed by atoms with van der Waals surface area (Å²) in [7, 11) is 0. The molecule has 1 aliphatic heterocycles. The van der Waals surface area contributed by atoms with Gasteiger partial charge in [-0.05, 0) is 43.8 Å². The Labute approximate surface area is 120 Å². The van der Waals surface area contributed by atoms with E-state index in [1.807, 2.05) is 17.8 Å². The van der Waals surface area contributed by atoms with Crippen molar-refractivity contribution in [3.05, 3.63) is 23.8 Å². The van der Waals surface area contributed by atoms with Crippen LogP contribution in [0, 0.1) is 0 Å². The lowest BCUT2D eigenvalue weighted by Crippen LogP contribution is -2.22. The van der Waals surface area contributed by atoms with Crippen molar-refractivity contribution in [2.45, 2.75) is 31.6 Å². The molecule has 2 atom stereocenters. The van der Waals surface area contributed by atoms with Crippen LogP contribution >= 0.6 is 11.8 Å². The molecule has 0 bridgehead atoms. The van der Waals surface area contributed by atoms with Gasteiger partial charge in [-0.15, -0.1) is 0 Å². The van der Waals surface area contributed by atoms with Gasteiger partial charge in [-0.2, -0.15) is 11.8 Å². The smallest absolute Gasteiger partial charge is 0.161 e. The molecule has 1 aromatic carbocycles. The van der Waals surface area contributed by atoms with E-state index in [1.165, 1.54) is 12.0 Å². The van der Waals surface area contributed by atoms with E-state index in [0.717, 1.165) is 18.0 Å². The summed E-state index contributed by atoms with van der Waals surface area (Å²) < 4.78 is 11.2. The van der Waals surface area contributed by atoms with Crippen LogP contribution in [0.1, 0.15) is 31.9 Å². The normalized spacial score (nSPS) is 17.0. The number of nitrogens with one attached hydrogen (secondary N) is 1. The van der Waals surface area contributed by atoms with Crippen LogP contribution in [0.2, 0.25) is 0 Å². The Morgan fingerprint density at radius 3 is 2.68 bits per heavy atom. The molecule has 0 amide bonds. The van der Waals surface area contributed by atoms with Gasteiger partial charge in [-0.25, -0.2) is 0 Å². The minimum atomic E-state index is 0.338. The number of ether oxygens (including phenoxy) is 2. The van der Waals surface area contributed by atoms with Gasteiger partial charge in [-0.1, -0.05) is 13.0 Å². The number of thioether (sulfide) groups is 1. The average Bonchev–Trinajstić information content (AvgIpc) is 2.46. The Bertz CT molecular complexity index is 411. The zero-order chi connectivity index (χ0) is 13.7. The lowest BCUT2D eigenvalue weighted by molar-refractivity contribution is 0.171. The number of rotatable bonds is 6. The molecule has 0 fully saturated rings. The van der Waals surface area contributed by atoms with E-state index in [-0.39, 0.29) is 0 Å². The second-order valence-electron chi connectivity index (χ2n) is 4.91. The van der Waals surface area contributed by atoms with Crippen molar-refractivity contribution < 1.29 is 9.47 Å². The van der Waals surface area contributed by atoms with Gasteiger partial charge in [0.15, 0.2) is 11.5 Å². The van der Waals surface area contributed by atoms with Crippen molar-refractivity contribution >= 4 is 11.8 Å². The minimum Gasteiger partial charge on any atom is -0.486 e. The second kappa shape index (κ2) is 7.06. The fraction of sp³-hybridized carbons (Fsp3) is 0.600. The van der Waals surface area contributed by atoms with Crippen molar-refractivity contribution in [1.29, 1.82) is 0 Å². The highest BCUT2D eigenvalue weighted by molar-refractivity contribution is 7.99. The molecule has 2 rings (SSSR count). The third-order valence-corrected chi connectivity index (χ3v) is 4.51. The van der Waals surface area contributed by atoms with E-state index >= 15 is 0 Å². The molecular formula is C15H23NO2S. The fourth-order valence-corrected chi connectivity index (χ4v) is 2.42. The molecule has 19 heavy (non-hydrogen) atoms. The predicted molar refractivity (Wildman–Crippen MR) is 81.4 cm³/mol. The molecule has 0 saturated carbocycles. The van der Waals surface area contributed by atoms with E-state index in [1.54, 1.807) is 0 Å². The van der Waals surface area contributed by atoms with E-state index in [2.05, 4.69) is 37.6 Å². The predicted octanol–water partition coefficient (Wildman–Crippen LogP) is 3.25. The van der Waals surface area contributed by atoms with Crippen LogP contribution in [0.3, 0.4) is 0 Å². The molecule has 1 heterocycles. The molecule has 4 heteroatoms. The van der Waals surface area contributed by atoms with Crippen molar-refractivity contribution in [2.24, 2.45) is 0 Å². The third-order valence-electron chi connectivity index (χ3n) is 3.47. The van der Waals surface area contributed by atoms with Gasteiger partial charge in [0.25, 0.3) is 0 Å². The third kappa shape index (κ3) is 4.05. The maximum Gasteiger partial charge on any atom is 0.161 e. The minimum absolute atomic E-state index is 0.338. The first-order chi connectivity index (χ1) is 9.20. The number of fused-ring (bicyclic) bond motifs is 1. The molecule has 0 spiro atoms. The first-order valence-corrected chi connectivity index (χ1v) is 8.15. The van der Waals surface area contributed by atoms with Crippen LogP contribution in [-0.4, -0.2) is 31.3 Å². The molecule has 2 unspecified atom stereocenters. The summed E-state index contributed by atoms with van der Waals surface area (Å²) in [4.78, 5) is 0. The van der Waals surface area contributed by atoms with Crippen molar-refractivity contribution in [3.8, 4) is 11.5 Å². The Morgan fingerprint density at radius 1 is 1.21 bits per heavy atom. The van der Waals surface area contributed by atoms with Gasteiger partial charge in [0.2, 0.25) is 0 Å². The summed E-state index contributed by atoms with van der Waals surface area (Å²) in [5, 5.41) is 4.27. The summed E-state index contributed by atoms with van der Waals surface area (Å²) in [5.41, 5.74) is 1.25. The van der Waals surface area contributed by atoms with E-state index < -0.39 is 0 Å². The SMILES string of the molecule is CSC(C)CCNC(C)c1ccc2c(c1)OCCO2. The van der Waals surface area contributed by atoms with Crippen molar-refractivity contribution in [3.63, 3.8) is 0 Å². The quantitative estimate of drug-likeness (QED) is 0.867. The van der Waals surface area contributed by atoms with Gasteiger partial charge in [0.05, 0.1) is 0 Å². The first kappa shape index (κ1) is 14.5. The van der Waals surface area contributed by atoms with Gasteiger partial charge >= 0.3 is 0 Å².